The molecule has 0 aliphatic carbocycles. The topological polar surface area (TPSA) is 49.8 Å². The molecule has 6 heteroatoms. The molecule has 0 saturated carbocycles. The number of rotatable bonds is 4. The molecule has 0 fully saturated rings. The molecule has 3 aromatic rings. The maximum Gasteiger partial charge on any atom is 0.135 e. The van der Waals surface area contributed by atoms with Gasteiger partial charge in [-0.25, -0.2) is 14.4 Å². The summed E-state index contributed by atoms with van der Waals surface area (Å²) in [5.74, 6) is 1.02. The molecule has 110 valence electrons. The van der Waals surface area contributed by atoms with E-state index >= 15 is 0 Å². The molecule has 0 aliphatic rings. The molecular weight excluding hydrogens is 347 g/mol. The summed E-state index contributed by atoms with van der Waals surface area (Å²) < 4.78 is 13.9. The number of benzene rings is 2. The fraction of sp³-hybridized carbons (Fsp3) is 0. The van der Waals surface area contributed by atoms with Crippen LogP contribution in [-0.2, 0) is 0 Å². The van der Waals surface area contributed by atoms with Crippen molar-refractivity contribution in [3.05, 3.63) is 71.2 Å². The van der Waals surface area contributed by atoms with Crippen molar-refractivity contribution in [1.29, 1.82) is 0 Å². The highest BCUT2D eigenvalue weighted by Gasteiger charge is 2.01. The van der Waals surface area contributed by atoms with Crippen LogP contribution < -0.4 is 10.6 Å². The van der Waals surface area contributed by atoms with E-state index in [0.717, 1.165) is 15.8 Å². The minimum atomic E-state index is -0.273. The van der Waals surface area contributed by atoms with E-state index in [1.807, 2.05) is 24.3 Å². The van der Waals surface area contributed by atoms with Gasteiger partial charge in [-0.1, -0.05) is 22.0 Å². The lowest BCUT2D eigenvalue weighted by Crippen LogP contribution is -1.98. The largest absolute Gasteiger partial charge is 0.340 e. The van der Waals surface area contributed by atoms with Crippen molar-refractivity contribution in [1.82, 2.24) is 9.97 Å². The van der Waals surface area contributed by atoms with Gasteiger partial charge < -0.3 is 10.6 Å². The van der Waals surface area contributed by atoms with Crippen molar-refractivity contribution in [2.45, 2.75) is 0 Å². The van der Waals surface area contributed by atoms with Gasteiger partial charge in [0.05, 0.1) is 0 Å². The molecule has 0 bridgehead atoms. The first-order valence-electron chi connectivity index (χ1n) is 6.56. The predicted octanol–water partition coefficient (Wildman–Crippen LogP) is 4.87. The number of nitrogens with zero attached hydrogens (tertiary/aromatic N) is 2. The van der Waals surface area contributed by atoms with Crippen LogP contribution in [0.3, 0.4) is 0 Å². The molecule has 0 radical (unpaired) electrons. The van der Waals surface area contributed by atoms with Crippen LogP contribution in [0.15, 0.2) is 65.4 Å². The van der Waals surface area contributed by atoms with Crippen LogP contribution in [0.5, 0.6) is 0 Å². The number of hydrogen-bond acceptors (Lipinski definition) is 4. The van der Waals surface area contributed by atoms with Gasteiger partial charge in [-0.3, -0.25) is 0 Å². The number of hydrogen-bond donors (Lipinski definition) is 2. The van der Waals surface area contributed by atoms with Crippen LogP contribution in [-0.4, -0.2) is 9.97 Å². The quantitative estimate of drug-likeness (QED) is 0.698. The van der Waals surface area contributed by atoms with E-state index in [-0.39, 0.29) is 5.82 Å². The van der Waals surface area contributed by atoms with Gasteiger partial charge in [0.15, 0.2) is 0 Å². The molecule has 0 unspecified atom stereocenters. The number of aromatic nitrogens is 2. The second-order valence-electron chi connectivity index (χ2n) is 4.56. The number of anilines is 4. The van der Waals surface area contributed by atoms with Crippen LogP contribution in [0, 0.1) is 5.82 Å². The first kappa shape index (κ1) is 14.5. The number of halogens is 2. The van der Waals surface area contributed by atoms with Gasteiger partial charge in [-0.05, 0) is 42.5 Å². The van der Waals surface area contributed by atoms with E-state index in [9.17, 15) is 4.39 Å². The molecule has 0 aliphatic heterocycles. The average molecular weight is 359 g/mol. The lowest BCUT2D eigenvalue weighted by Gasteiger charge is -2.09. The highest BCUT2D eigenvalue weighted by atomic mass is 79.9. The molecule has 1 aromatic heterocycles. The molecule has 1 heterocycles. The third kappa shape index (κ3) is 3.79. The van der Waals surface area contributed by atoms with E-state index in [2.05, 4.69) is 36.5 Å². The maximum atomic E-state index is 12.9. The fourth-order valence-electron chi connectivity index (χ4n) is 1.89. The molecule has 3 rings (SSSR count). The monoisotopic (exact) mass is 358 g/mol. The van der Waals surface area contributed by atoms with E-state index < -0.39 is 0 Å². The first-order valence-corrected chi connectivity index (χ1v) is 7.35. The zero-order valence-electron chi connectivity index (χ0n) is 11.4. The van der Waals surface area contributed by atoms with Crippen molar-refractivity contribution < 1.29 is 4.39 Å². The van der Waals surface area contributed by atoms with Gasteiger partial charge in [-0.2, -0.15) is 0 Å². The summed E-state index contributed by atoms with van der Waals surface area (Å²) >= 11 is 3.42. The Morgan fingerprint density at radius 1 is 0.818 bits per heavy atom. The minimum Gasteiger partial charge on any atom is -0.340 e. The average Bonchev–Trinajstić information content (AvgIpc) is 2.50. The summed E-state index contributed by atoms with van der Waals surface area (Å²) in [7, 11) is 0. The molecule has 22 heavy (non-hydrogen) atoms. The van der Waals surface area contributed by atoms with Crippen LogP contribution >= 0.6 is 15.9 Å². The van der Waals surface area contributed by atoms with Gasteiger partial charge in [-0.15, -0.1) is 0 Å². The summed E-state index contributed by atoms with van der Waals surface area (Å²) in [4.78, 5) is 8.33. The third-order valence-corrected chi connectivity index (χ3v) is 3.37. The Hall–Kier alpha value is -2.47. The van der Waals surface area contributed by atoms with Crippen molar-refractivity contribution in [3.63, 3.8) is 0 Å². The Morgan fingerprint density at radius 3 is 2.18 bits per heavy atom. The molecule has 2 N–H and O–H groups in total. The highest BCUT2D eigenvalue weighted by molar-refractivity contribution is 9.10. The first-order chi connectivity index (χ1) is 10.7. The highest BCUT2D eigenvalue weighted by Crippen LogP contribution is 2.21. The Bertz CT molecular complexity index is 777. The Balaban J connectivity index is 1.76. The van der Waals surface area contributed by atoms with E-state index in [0.29, 0.717) is 11.6 Å². The summed E-state index contributed by atoms with van der Waals surface area (Å²) in [5.41, 5.74) is 1.68. The lowest BCUT2D eigenvalue weighted by atomic mass is 10.3. The smallest absolute Gasteiger partial charge is 0.135 e. The second-order valence-corrected chi connectivity index (χ2v) is 5.47. The molecule has 0 saturated heterocycles. The van der Waals surface area contributed by atoms with Gasteiger partial charge in [0, 0.05) is 21.9 Å². The minimum absolute atomic E-state index is 0.273. The molecule has 0 spiro atoms. The molecule has 0 atom stereocenters. The van der Waals surface area contributed by atoms with Crippen LogP contribution in [0.2, 0.25) is 0 Å². The van der Waals surface area contributed by atoms with Gasteiger partial charge >= 0.3 is 0 Å². The van der Waals surface area contributed by atoms with Crippen molar-refractivity contribution in [3.8, 4) is 0 Å². The van der Waals surface area contributed by atoms with E-state index in [1.54, 1.807) is 18.2 Å². The SMILES string of the molecule is Fc1ccc(Nc2cc(Nc3cccc(Br)c3)ncn2)cc1. The van der Waals surface area contributed by atoms with E-state index in [4.69, 9.17) is 0 Å². The molecule has 0 amide bonds. The Labute approximate surface area is 135 Å². The molecular formula is C16H12BrFN4. The van der Waals surface area contributed by atoms with Gasteiger partial charge in [0.2, 0.25) is 0 Å². The van der Waals surface area contributed by atoms with Crippen molar-refractivity contribution in [2.75, 3.05) is 10.6 Å². The Morgan fingerprint density at radius 2 is 1.50 bits per heavy atom. The second kappa shape index (κ2) is 6.53. The summed E-state index contributed by atoms with van der Waals surface area (Å²) in [5, 5.41) is 6.30. The van der Waals surface area contributed by atoms with Crippen LogP contribution in [0.4, 0.5) is 27.4 Å². The van der Waals surface area contributed by atoms with E-state index in [1.165, 1.54) is 18.5 Å². The molecule has 4 nitrogen and oxygen atoms in total. The lowest BCUT2D eigenvalue weighted by molar-refractivity contribution is 0.628. The van der Waals surface area contributed by atoms with Crippen LogP contribution in [0.25, 0.3) is 0 Å². The normalized spacial score (nSPS) is 10.3. The molecule has 2 aromatic carbocycles. The predicted molar refractivity (Wildman–Crippen MR) is 89.1 cm³/mol. The fourth-order valence-corrected chi connectivity index (χ4v) is 2.29. The van der Waals surface area contributed by atoms with Crippen molar-refractivity contribution in [2.24, 2.45) is 0 Å². The Kier molecular flexibility index (Phi) is 4.29. The zero-order chi connectivity index (χ0) is 15.4. The van der Waals surface area contributed by atoms with Gasteiger partial charge in [0.25, 0.3) is 0 Å². The van der Waals surface area contributed by atoms with Crippen molar-refractivity contribution >= 4 is 38.9 Å². The zero-order valence-corrected chi connectivity index (χ0v) is 13.0. The summed E-state index contributed by atoms with van der Waals surface area (Å²) in [6, 6.07) is 15.7. The summed E-state index contributed by atoms with van der Waals surface area (Å²) in [6.07, 6.45) is 1.46. The maximum absolute atomic E-state index is 12.9. The summed E-state index contributed by atoms with van der Waals surface area (Å²) in [6.45, 7) is 0. The third-order valence-electron chi connectivity index (χ3n) is 2.88. The van der Waals surface area contributed by atoms with Crippen LogP contribution in [0.1, 0.15) is 0 Å². The van der Waals surface area contributed by atoms with Gasteiger partial charge in [0.1, 0.15) is 23.8 Å². The number of nitrogens with one attached hydrogen (secondary N) is 2. The standard InChI is InChI=1S/C16H12BrFN4/c17-11-2-1-3-14(8-11)22-16-9-15(19-10-20-16)21-13-6-4-12(18)5-7-13/h1-10H,(H2,19,20,21,22).